The molecule has 0 atom stereocenters. The van der Waals surface area contributed by atoms with Crippen LogP contribution in [0.25, 0.3) is 17.0 Å². The van der Waals surface area contributed by atoms with Gasteiger partial charge in [-0.2, -0.15) is 0 Å². The highest BCUT2D eigenvalue weighted by Crippen LogP contribution is 2.44. The van der Waals surface area contributed by atoms with E-state index in [1.165, 1.54) is 0 Å². The summed E-state index contributed by atoms with van der Waals surface area (Å²) >= 11 is 0. The molecule has 4 heterocycles. The molecule has 3 aliphatic rings. The van der Waals surface area contributed by atoms with Crippen LogP contribution in [0.5, 0.6) is 23.0 Å². The van der Waals surface area contributed by atoms with E-state index in [0.29, 0.717) is 36.9 Å². The van der Waals surface area contributed by atoms with Crippen LogP contribution in [0.1, 0.15) is 32.6 Å². The largest absolute Gasteiger partial charge is 0.478 e. The summed E-state index contributed by atoms with van der Waals surface area (Å²) in [6, 6.07) is 16.1. The normalized spacial score (nSPS) is 17.3. The lowest BCUT2D eigenvalue weighted by molar-refractivity contribution is 0.0871. The SMILES string of the molecule is Cc1cc2c(c3c1C(=O)/C(=C/c1cn(C)c4ccccc14)O3)CN(Cc1ccc3c(c1)OCO3)CO2. The molecular weight excluding hydrogens is 456 g/mol. The lowest BCUT2D eigenvalue weighted by Crippen LogP contribution is -2.31. The van der Waals surface area contributed by atoms with E-state index in [4.69, 9.17) is 18.9 Å². The molecule has 0 N–H and O–H groups in total. The number of para-hydroxylation sites is 1. The minimum Gasteiger partial charge on any atom is -0.478 e. The van der Waals surface area contributed by atoms with E-state index in [-0.39, 0.29) is 12.6 Å². The summed E-state index contributed by atoms with van der Waals surface area (Å²) in [6.45, 7) is 3.92. The van der Waals surface area contributed by atoms with Crippen LogP contribution in [0.3, 0.4) is 0 Å². The summed E-state index contributed by atoms with van der Waals surface area (Å²) in [5, 5.41) is 1.08. The van der Waals surface area contributed by atoms with Gasteiger partial charge in [0.15, 0.2) is 17.3 Å². The van der Waals surface area contributed by atoms with Crippen molar-refractivity contribution in [3.8, 4) is 23.0 Å². The number of aromatic nitrogens is 1. The molecule has 7 heteroatoms. The standard InChI is InChI=1S/C29H24N2O5/c1-17-9-24-21(14-31(15-33-24)12-18-7-8-23-25(10-18)35-16-34-23)29-27(17)28(32)26(36-29)11-19-13-30(2)22-6-4-3-5-20(19)22/h3-11,13H,12,14-16H2,1-2H3/b26-11-. The molecule has 0 saturated heterocycles. The average molecular weight is 481 g/mol. The number of benzene rings is 3. The highest BCUT2D eigenvalue weighted by Gasteiger charge is 2.35. The van der Waals surface area contributed by atoms with E-state index in [1.807, 2.05) is 62.6 Å². The van der Waals surface area contributed by atoms with Crippen molar-refractivity contribution in [3.63, 3.8) is 0 Å². The first-order valence-electron chi connectivity index (χ1n) is 11.9. The predicted molar refractivity (Wildman–Crippen MR) is 134 cm³/mol. The van der Waals surface area contributed by atoms with Crippen LogP contribution in [0, 0.1) is 6.92 Å². The molecule has 7 nitrogen and oxygen atoms in total. The third-order valence-electron chi connectivity index (χ3n) is 7.05. The van der Waals surface area contributed by atoms with Crippen molar-refractivity contribution < 1.29 is 23.7 Å². The fourth-order valence-electron chi connectivity index (χ4n) is 5.30. The van der Waals surface area contributed by atoms with E-state index < -0.39 is 0 Å². The zero-order valence-corrected chi connectivity index (χ0v) is 20.0. The van der Waals surface area contributed by atoms with Gasteiger partial charge in [0, 0.05) is 42.8 Å². The molecule has 0 amide bonds. The van der Waals surface area contributed by atoms with Crippen molar-refractivity contribution >= 4 is 22.8 Å². The van der Waals surface area contributed by atoms with E-state index in [9.17, 15) is 4.79 Å². The maximum absolute atomic E-state index is 13.5. The van der Waals surface area contributed by atoms with Crippen LogP contribution in [0.15, 0.2) is 60.5 Å². The number of hydrogen-bond donors (Lipinski definition) is 0. The predicted octanol–water partition coefficient (Wildman–Crippen LogP) is 5.18. The molecule has 180 valence electrons. The number of carbonyl (C=O) groups is 1. The van der Waals surface area contributed by atoms with Crippen LogP contribution in [-0.4, -0.2) is 28.8 Å². The molecule has 0 spiro atoms. The second kappa shape index (κ2) is 7.90. The molecule has 1 aromatic heterocycles. The molecular formula is C29H24N2O5. The molecule has 0 fully saturated rings. The number of allylic oxidation sites excluding steroid dienone is 1. The fraction of sp³-hybridized carbons (Fsp3) is 0.207. The molecule has 0 bridgehead atoms. The second-order valence-corrected chi connectivity index (χ2v) is 9.47. The number of nitrogens with zero attached hydrogens (tertiary/aromatic N) is 2. The van der Waals surface area contributed by atoms with E-state index in [1.54, 1.807) is 0 Å². The Balaban J connectivity index is 1.21. The van der Waals surface area contributed by atoms with Crippen molar-refractivity contribution in [1.29, 1.82) is 0 Å². The summed E-state index contributed by atoms with van der Waals surface area (Å²) in [5.74, 6) is 3.16. The molecule has 3 aliphatic heterocycles. The van der Waals surface area contributed by atoms with Crippen molar-refractivity contribution in [3.05, 3.63) is 88.3 Å². The van der Waals surface area contributed by atoms with Crippen molar-refractivity contribution in [2.24, 2.45) is 7.05 Å². The Kier molecular flexibility index (Phi) is 4.62. The molecule has 0 radical (unpaired) electrons. The Morgan fingerprint density at radius 3 is 2.78 bits per heavy atom. The zero-order chi connectivity index (χ0) is 24.4. The third kappa shape index (κ3) is 3.27. The first kappa shape index (κ1) is 21.1. The van der Waals surface area contributed by atoms with Crippen LogP contribution < -0.4 is 18.9 Å². The van der Waals surface area contributed by atoms with Crippen LogP contribution >= 0.6 is 0 Å². The van der Waals surface area contributed by atoms with Gasteiger partial charge in [-0.15, -0.1) is 0 Å². The Labute approximate surface area is 208 Å². The van der Waals surface area contributed by atoms with E-state index in [0.717, 1.165) is 50.4 Å². The number of ether oxygens (including phenoxy) is 4. The lowest BCUT2D eigenvalue weighted by Gasteiger charge is -2.30. The van der Waals surface area contributed by atoms with Crippen molar-refractivity contribution in [2.45, 2.75) is 20.0 Å². The number of hydrogen-bond acceptors (Lipinski definition) is 6. The average Bonchev–Trinajstić information content (AvgIpc) is 3.57. The topological polar surface area (TPSA) is 62.2 Å². The van der Waals surface area contributed by atoms with E-state index in [2.05, 4.69) is 21.6 Å². The van der Waals surface area contributed by atoms with Crippen molar-refractivity contribution in [2.75, 3.05) is 13.5 Å². The summed E-state index contributed by atoms with van der Waals surface area (Å²) < 4.78 is 25.4. The third-order valence-corrected chi connectivity index (χ3v) is 7.05. The lowest BCUT2D eigenvalue weighted by atomic mass is 9.98. The first-order valence-corrected chi connectivity index (χ1v) is 11.9. The van der Waals surface area contributed by atoms with Gasteiger partial charge in [0.1, 0.15) is 18.2 Å². The number of carbonyl (C=O) groups excluding carboxylic acids is 1. The number of aryl methyl sites for hydroxylation is 2. The summed E-state index contributed by atoms with van der Waals surface area (Å²) in [6.07, 6.45) is 3.88. The fourth-order valence-corrected chi connectivity index (χ4v) is 5.30. The van der Waals surface area contributed by atoms with Gasteiger partial charge in [-0.05, 0) is 48.4 Å². The van der Waals surface area contributed by atoms with E-state index >= 15 is 0 Å². The Morgan fingerprint density at radius 1 is 1.00 bits per heavy atom. The maximum Gasteiger partial charge on any atom is 0.232 e. The minimum atomic E-state index is -0.0915. The van der Waals surface area contributed by atoms with Gasteiger partial charge >= 0.3 is 0 Å². The molecule has 0 unspecified atom stereocenters. The van der Waals surface area contributed by atoms with Gasteiger partial charge in [0.25, 0.3) is 0 Å². The Hall–Kier alpha value is -4.23. The van der Waals surface area contributed by atoms with Gasteiger partial charge in [-0.25, -0.2) is 0 Å². The second-order valence-electron chi connectivity index (χ2n) is 9.47. The number of Topliss-reactive ketones (excluding diaryl/α,β-unsaturated/α-hetero) is 1. The highest BCUT2D eigenvalue weighted by atomic mass is 16.7. The molecule has 7 rings (SSSR count). The minimum absolute atomic E-state index is 0.0915. The van der Waals surface area contributed by atoms with Gasteiger partial charge in [0.05, 0.1) is 11.1 Å². The van der Waals surface area contributed by atoms with Crippen molar-refractivity contribution in [1.82, 2.24) is 9.47 Å². The maximum atomic E-state index is 13.5. The number of rotatable bonds is 3. The Morgan fingerprint density at radius 2 is 1.86 bits per heavy atom. The Bertz CT molecular complexity index is 1600. The first-order chi connectivity index (χ1) is 17.5. The molecule has 3 aromatic carbocycles. The molecule has 0 saturated carbocycles. The smallest absolute Gasteiger partial charge is 0.232 e. The van der Waals surface area contributed by atoms with Gasteiger partial charge in [-0.1, -0.05) is 24.3 Å². The van der Waals surface area contributed by atoms with Gasteiger partial charge in [0.2, 0.25) is 12.6 Å². The molecule has 0 aliphatic carbocycles. The summed E-state index contributed by atoms with van der Waals surface area (Å²) in [5.41, 5.74) is 5.54. The van der Waals surface area contributed by atoms with Gasteiger partial charge in [-0.3, -0.25) is 9.69 Å². The van der Waals surface area contributed by atoms with Crippen LogP contribution in [0.2, 0.25) is 0 Å². The highest BCUT2D eigenvalue weighted by molar-refractivity contribution is 6.16. The monoisotopic (exact) mass is 480 g/mol. The quantitative estimate of drug-likeness (QED) is 0.377. The van der Waals surface area contributed by atoms with Gasteiger partial charge < -0.3 is 23.5 Å². The molecule has 36 heavy (non-hydrogen) atoms. The zero-order valence-electron chi connectivity index (χ0n) is 20.0. The molecule has 4 aromatic rings. The number of ketones is 1. The summed E-state index contributed by atoms with van der Waals surface area (Å²) in [7, 11) is 2.00. The van der Waals surface area contributed by atoms with Crippen LogP contribution in [0.4, 0.5) is 0 Å². The number of fused-ring (bicyclic) bond motifs is 5. The van der Waals surface area contributed by atoms with Crippen LogP contribution in [-0.2, 0) is 20.1 Å². The summed E-state index contributed by atoms with van der Waals surface area (Å²) in [4.78, 5) is 15.6.